The van der Waals surface area contributed by atoms with Crippen molar-refractivity contribution < 1.29 is 13.7 Å². The highest BCUT2D eigenvalue weighted by Crippen LogP contribution is 2.57. The third kappa shape index (κ3) is 4.01. The van der Waals surface area contributed by atoms with Crippen LogP contribution < -0.4 is 9.30 Å². The number of aromatic nitrogens is 2. The number of aryl methyl sites for hydroxylation is 1. The molecule has 0 fully saturated rings. The van der Waals surface area contributed by atoms with Crippen molar-refractivity contribution in [3.63, 3.8) is 0 Å². The van der Waals surface area contributed by atoms with E-state index in [-0.39, 0.29) is 10.8 Å². The Bertz CT molecular complexity index is 2430. The van der Waals surface area contributed by atoms with Crippen LogP contribution in [-0.4, -0.2) is 11.6 Å². The third-order valence-corrected chi connectivity index (χ3v) is 10.9. The normalized spacial score (nSPS) is 15.0. The van der Waals surface area contributed by atoms with Gasteiger partial charge in [0.1, 0.15) is 12.6 Å². The van der Waals surface area contributed by atoms with Gasteiger partial charge in [-0.1, -0.05) is 65.0 Å². The first-order valence-electron chi connectivity index (χ1n) is 17.1. The van der Waals surface area contributed by atoms with Crippen molar-refractivity contribution in [2.24, 2.45) is 7.05 Å². The van der Waals surface area contributed by atoms with E-state index < -0.39 is 0 Å². The molecule has 236 valence electrons. The molecule has 0 bridgehead atoms. The Morgan fingerprint density at radius 3 is 1.98 bits per heavy atom. The minimum absolute atomic E-state index is 0.160. The fraction of sp³-hybridized carbons (Fsp3) is 0.227. The molecule has 0 radical (unpaired) electrons. The van der Waals surface area contributed by atoms with Crippen LogP contribution >= 0.6 is 0 Å². The first-order chi connectivity index (χ1) is 23.2. The van der Waals surface area contributed by atoms with Crippen LogP contribution in [0.25, 0.3) is 66.8 Å². The van der Waals surface area contributed by atoms with E-state index in [1.807, 2.05) is 24.3 Å². The van der Waals surface area contributed by atoms with Crippen molar-refractivity contribution >= 4 is 22.0 Å². The van der Waals surface area contributed by atoms with Crippen molar-refractivity contribution in [1.82, 2.24) is 4.98 Å². The van der Waals surface area contributed by atoms with E-state index in [9.17, 15) is 0 Å². The molecular weight excluding hydrogens is 588 g/mol. The van der Waals surface area contributed by atoms with Crippen molar-refractivity contribution in [1.29, 1.82) is 0 Å². The summed E-state index contributed by atoms with van der Waals surface area (Å²) in [6, 6.07) is 35.4. The summed E-state index contributed by atoms with van der Waals surface area (Å²) in [7, 11) is 2.10. The Morgan fingerprint density at radius 2 is 1.29 bits per heavy atom. The molecule has 4 nitrogen and oxygen atoms in total. The van der Waals surface area contributed by atoms with Crippen molar-refractivity contribution in [3.8, 4) is 50.6 Å². The second kappa shape index (κ2) is 10.1. The van der Waals surface area contributed by atoms with Gasteiger partial charge in [-0.05, 0) is 117 Å². The predicted molar refractivity (Wildman–Crippen MR) is 194 cm³/mol. The molecule has 2 aliphatic rings. The standard InChI is InChI=1S/C44H39N2O2/c1-7-21-47-41-29(17-14-26-11-10-20-46(6)40(26)41)27-15-18-30-32-24-37-33(25-36(32)43(2,3)34(30)22-27)31-19-16-28(23-35(31)44(37,4)5)42-45-38-12-8-9-13-39(38)48-42/h8-20,22-25H,7,21H2,1-6H3/q+1. The first-order valence-corrected chi connectivity index (χ1v) is 17.1. The average Bonchev–Trinajstić information content (AvgIpc) is 3.69. The molecule has 4 heteroatoms. The topological polar surface area (TPSA) is 39.1 Å². The number of pyridine rings is 1. The van der Waals surface area contributed by atoms with Crippen LogP contribution in [0.2, 0.25) is 0 Å². The monoisotopic (exact) mass is 627 g/mol. The molecule has 0 saturated heterocycles. The van der Waals surface area contributed by atoms with Gasteiger partial charge >= 0.3 is 0 Å². The number of fused-ring (bicyclic) bond motifs is 8. The highest BCUT2D eigenvalue weighted by Gasteiger charge is 2.42. The van der Waals surface area contributed by atoms with Gasteiger partial charge in [0.2, 0.25) is 5.89 Å². The summed E-state index contributed by atoms with van der Waals surface area (Å²) in [5.74, 6) is 1.63. The average molecular weight is 628 g/mol. The van der Waals surface area contributed by atoms with Crippen LogP contribution in [0.4, 0.5) is 0 Å². The summed E-state index contributed by atoms with van der Waals surface area (Å²) in [6.07, 6.45) is 3.06. The number of hydrogen-bond acceptors (Lipinski definition) is 3. The summed E-state index contributed by atoms with van der Waals surface area (Å²) in [5.41, 5.74) is 16.6. The summed E-state index contributed by atoms with van der Waals surface area (Å²) in [5, 5.41) is 1.18. The summed E-state index contributed by atoms with van der Waals surface area (Å²) in [6.45, 7) is 12.3. The van der Waals surface area contributed by atoms with Gasteiger partial charge in [0, 0.05) is 28.0 Å². The molecule has 0 spiro atoms. The minimum atomic E-state index is -0.166. The third-order valence-electron chi connectivity index (χ3n) is 10.9. The zero-order valence-corrected chi connectivity index (χ0v) is 28.4. The number of hydrogen-bond donors (Lipinski definition) is 0. The molecule has 2 heterocycles. The number of ether oxygens (including phenoxy) is 1. The van der Waals surface area contributed by atoms with Gasteiger partial charge in [-0.15, -0.1) is 0 Å². The van der Waals surface area contributed by atoms with Gasteiger partial charge < -0.3 is 9.15 Å². The molecule has 2 aliphatic carbocycles. The molecule has 2 aromatic heterocycles. The lowest BCUT2D eigenvalue weighted by Crippen LogP contribution is -2.28. The van der Waals surface area contributed by atoms with Gasteiger partial charge in [-0.25, -0.2) is 4.98 Å². The van der Waals surface area contributed by atoms with E-state index in [1.54, 1.807) is 0 Å². The lowest BCUT2D eigenvalue weighted by atomic mass is 9.79. The number of nitrogens with zero attached hydrogens (tertiary/aromatic N) is 2. The Morgan fingerprint density at radius 1 is 0.667 bits per heavy atom. The zero-order valence-electron chi connectivity index (χ0n) is 28.4. The van der Waals surface area contributed by atoms with Gasteiger partial charge in [0.15, 0.2) is 17.5 Å². The van der Waals surface area contributed by atoms with Crippen LogP contribution in [0.3, 0.4) is 0 Å². The van der Waals surface area contributed by atoms with E-state index in [1.165, 1.54) is 55.5 Å². The lowest BCUT2D eigenvalue weighted by Gasteiger charge is -2.24. The maximum atomic E-state index is 6.50. The molecule has 48 heavy (non-hydrogen) atoms. The minimum Gasteiger partial charge on any atom is -0.487 e. The molecule has 0 N–H and O–H groups in total. The van der Waals surface area contributed by atoms with Crippen LogP contribution in [-0.2, 0) is 17.9 Å². The lowest BCUT2D eigenvalue weighted by molar-refractivity contribution is -0.645. The largest absolute Gasteiger partial charge is 0.487 e. The predicted octanol–water partition coefficient (Wildman–Crippen LogP) is 10.5. The fourth-order valence-electron chi connectivity index (χ4n) is 8.27. The summed E-state index contributed by atoms with van der Waals surface area (Å²) < 4.78 is 14.8. The summed E-state index contributed by atoms with van der Waals surface area (Å²) in [4.78, 5) is 4.79. The molecule has 7 aromatic rings. The second-order valence-electron chi connectivity index (χ2n) is 14.5. The van der Waals surface area contributed by atoms with E-state index in [2.05, 4.69) is 125 Å². The molecule has 0 saturated carbocycles. The zero-order chi connectivity index (χ0) is 32.9. The second-order valence-corrected chi connectivity index (χ2v) is 14.5. The van der Waals surface area contributed by atoms with Crippen molar-refractivity contribution in [2.45, 2.75) is 51.9 Å². The maximum absolute atomic E-state index is 6.50. The quantitative estimate of drug-likeness (QED) is 0.178. The number of oxazole rings is 1. The first kappa shape index (κ1) is 29.0. The van der Waals surface area contributed by atoms with Gasteiger partial charge in [-0.2, -0.15) is 4.57 Å². The molecule has 0 atom stereocenters. The Labute approximate surface area is 281 Å². The molecule has 5 aromatic carbocycles. The van der Waals surface area contributed by atoms with Crippen LogP contribution in [0, 0.1) is 0 Å². The SMILES string of the molecule is CCCOc1c(-c2ccc3c(c2)C(C)(C)c2cc4c(cc2-3)C(C)(C)c2cc(-c3nc5ccccc5o3)ccc2-4)ccc2ccc[n+](C)c12. The van der Waals surface area contributed by atoms with Gasteiger partial charge in [0.25, 0.3) is 5.52 Å². The molecule has 0 amide bonds. The fourth-order valence-corrected chi connectivity index (χ4v) is 8.27. The summed E-state index contributed by atoms with van der Waals surface area (Å²) >= 11 is 0. The number of rotatable bonds is 5. The number of para-hydroxylation sites is 2. The van der Waals surface area contributed by atoms with Gasteiger partial charge in [0.05, 0.1) is 12.0 Å². The maximum Gasteiger partial charge on any atom is 0.255 e. The van der Waals surface area contributed by atoms with Crippen molar-refractivity contribution in [2.75, 3.05) is 6.61 Å². The van der Waals surface area contributed by atoms with Crippen LogP contribution in [0.15, 0.2) is 108 Å². The highest BCUT2D eigenvalue weighted by atomic mass is 16.5. The smallest absolute Gasteiger partial charge is 0.255 e. The molecule has 0 unspecified atom stereocenters. The van der Waals surface area contributed by atoms with E-state index in [0.29, 0.717) is 12.5 Å². The highest BCUT2D eigenvalue weighted by molar-refractivity contribution is 5.94. The molecule has 9 rings (SSSR count). The van der Waals surface area contributed by atoms with E-state index in [4.69, 9.17) is 14.1 Å². The van der Waals surface area contributed by atoms with Crippen LogP contribution in [0.1, 0.15) is 63.3 Å². The number of benzene rings is 5. The Kier molecular flexibility index (Phi) is 6.12. The van der Waals surface area contributed by atoms with Crippen molar-refractivity contribution in [3.05, 3.63) is 126 Å². The van der Waals surface area contributed by atoms with Crippen LogP contribution in [0.5, 0.6) is 5.75 Å². The molecular formula is C44H39N2O2+. The Balaban J connectivity index is 1.15. The molecule has 0 aliphatic heterocycles. The van der Waals surface area contributed by atoms with Gasteiger partial charge in [-0.3, -0.25) is 0 Å². The Hall–Kier alpha value is -5.22. The van der Waals surface area contributed by atoms with E-state index >= 15 is 0 Å². The van der Waals surface area contributed by atoms with E-state index in [0.717, 1.165) is 39.9 Å².